The van der Waals surface area contributed by atoms with Crippen LogP contribution in [0.1, 0.15) is 33.6 Å². The lowest BCUT2D eigenvalue weighted by Gasteiger charge is -2.39. The second-order valence-electron chi connectivity index (χ2n) is 7.76. The van der Waals surface area contributed by atoms with Gasteiger partial charge in [-0.05, 0) is 34.1 Å². The Morgan fingerprint density at radius 3 is 2.26 bits per heavy atom. The molecule has 27 heavy (non-hydrogen) atoms. The van der Waals surface area contributed by atoms with E-state index in [4.69, 9.17) is 0 Å². The third-order valence-electron chi connectivity index (χ3n) is 4.02. The van der Waals surface area contributed by atoms with Crippen molar-refractivity contribution in [1.82, 2.24) is 16.0 Å². The molecule has 6 atom stereocenters. The van der Waals surface area contributed by atoms with Crippen molar-refractivity contribution < 1.29 is 30.0 Å². The van der Waals surface area contributed by atoms with E-state index in [0.717, 1.165) is 11.8 Å². The van der Waals surface area contributed by atoms with Crippen LogP contribution in [0.25, 0.3) is 0 Å². The van der Waals surface area contributed by atoms with Crippen molar-refractivity contribution in [1.29, 1.82) is 0 Å². The molecule has 0 aliphatic carbocycles. The average molecular weight is 407 g/mol. The molecule has 1 aliphatic rings. The molecular formula is C17H32N3O6S. The normalized spacial score (nSPS) is 29.7. The molecule has 1 heterocycles. The second-order valence-corrected chi connectivity index (χ2v) is 9.24. The number of nitrogens with one attached hydrogen (secondary N) is 3. The second kappa shape index (κ2) is 10.5. The minimum atomic E-state index is -1.41. The standard InChI is InChI=1S/C17H32N3O6S/c1-9(19-16(26)20-17(2,3)4)5-6-18-12(22)7-10-13(23)15(25)14(24)11(8-21)27-10/h9-11,13-15,21,23-25H,1,5-8H2,2-4H3,(H,18,22)(H2,19,20,26)/t9?,10-,11+,13+,14+,15-/m1/s1. The summed E-state index contributed by atoms with van der Waals surface area (Å²) >= 11 is 1.08. The molecule has 3 amide bonds. The highest BCUT2D eigenvalue weighted by Crippen LogP contribution is 2.34. The third-order valence-corrected chi connectivity index (χ3v) is 5.59. The molecule has 7 N–H and O–H groups in total. The summed E-state index contributed by atoms with van der Waals surface area (Å²) in [5.41, 5.74) is -0.360. The highest BCUT2D eigenvalue weighted by molar-refractivity contribution is 8.00. The first kappa shape index (κ1) is 24.0. The topological polar surface area (TPSA) is 151 Å². The monoisotopic (exact) mass is 406 g/mol. The van der Waals surface area contributed by atoms with Gasteiger partial charge >= 0.3 is 6.03 Å². The van der Waals surface area contributed by atoms with Crippen LogP contribution in [0, 0.1) is 6.92 Å². The van der Waals surface area contributed by atoms with Crippen LogP contribution in [0.4, 0.5) is 4.79 Å². The number of aliphatic hydroxyl groups excluding tert-OH is 4. The van der Waals surface area contributed by atoms with Crippen molar-refractivity contribution in [3.8, 4) is 0 Å². The van der Waals surface area contributed by atoms with Crippen molar-refractivity contribution >= 4 is 23.7 Å². The molecule has 1 fully saturated rings. The van der Waals surface area contributed by atoms with E-state index in [2.05, 4.69) is 22.9 Å². The molecule has 1 radical (unpaired) electrons. The Morgan fingerprint density at radius 2 is 1.70 bits per heavy atom. The highest BCUT2D eigenvalue weighted by Gasteiger charge is 2.43. The van der Waals surface area contributed by atoms with E-state index in [1.54, 1.807) is 0 Å². The molecule has 0 saturated carbocycles. The number of carbonyl (C=O) groups is 2. The Balaban J connectivity index is 2.35. The Kier molecular flexibility index (Phi) is 9.29. The maximum atomic E-state index is 12.1. The van der Waals surface area contributed by atoms with Crippen LogP contribution < -0.4 is 16.0 Å². The highest BCUT2D eigenvalue weighted by atomic mass is 32.2. The van der Waals surface area contributed by atoms with Crippen LogP contribution in [0.2, 0.25) is 0 Å². The summed E-state index contributed by atoms with van der Waals surface area (Å²) in [7, 11) is 0. The molecule has 0 aromatic heterocycles. The predicted octanol–water partition coefficient (Wildman–Crippen LogP) is -1.26. The lowest BCUT2D eigenvalue weighted by Crippen LogP contribution is -2.54. The fourth-order valence-electron chi connectivity index (χ4n) is 2.62. The van der Waals surface area contributed by atoms with Gasteiger partial charge in [-0.2, -0.15) is 0 Å². The van der Waals surface area contributed by atoms with E-state index in [9.17, 15) is 30.0 Å². The fraction of sp³-hybridized carbons (Fsp3) is 0.824. The Labute approximate surface area is 164 Å². The van der Waals surface area contributed by atoms with Crippen molar-refractivity contribution in [2.45, 2.75) is 74.0 Å². The van der Waals surface area contributed by atoms with Gasteiger partial charge in [-0.3, -0.25) is 4.79 Å². The molecule has 1 saturated heterocycles. The van der Waals surface area contributed by atoms with Gasteiger partial charge in [0.1, 0.15) is 6.10 Å². The number of aliphatic hydroxyl groups is 4. The molecule has 157 valence electrons. The lowest BCUT2D eigenvalue weighted by atomic mass is 9.99. The van der Waals surface area contributed by atoms with Gasteiger partial charge in [-0.1, -0.05) is 0 Å². The van der Waals surface area contributed by atoms with Gasteiger partial charge in [0.05, 0.1) is 24.1 Å². The van der Waals surface area contributed by atoms with Crippen LogP contribution >= 0.6 is 11.8 Å². The molecule has 0 aromatic rings. The van der Waals surface area contributed by atoms with Gasteiger partial charge in [-0.25, -0.2) is 4.79 Å². The van der Waals surface area contributed by atoms with Crippen molar-refractivity contribution in [2.75, 3.05) is 13.2 Å². The number of amides is 3. The van der Waals surface area contributed by atoms with Gasteiger partial charge in [0.25, 0.3) is 0 Å². The van der Waals surface area contributed by atoms with Gasteiger partial charge in [-0.15, -0.1) is 11.8 Å². The molecule has 0 bridgehead atoms. The largest absolute Gasteiger partial charge is 0.395 e. The zero-order valence-corrected chi connectivity index (χ0v) is 16.8. The van der Waals surface area contributed by atoms with Gasteiger partial charge in [0, 0.05) is 29.8 Å². The minimum absolute atomic E-state index is 0.0636. The minimum Gasteiger partial charge on any atom is -0.395 e. The zero-order chi connectivity index (χ0) is 20.8. The van der Waals surface area contributed by atoms with Gasteiger partial charge in [0.2, 0.25) is 5.91 Å². The summed E-state index contributed by atoms with van der Waals surface area (Å²) < 4.78 is 0. The van der Waals surface area contributed by atoms with Crippen LogP contribution in [0.3, 0.4) is 0 Å². The predicted molar refractivity (Wildman–Crippen MR) is 103 cm³/mol. The van der Waals surface area contributed by atoms with E-state index < -0.39 is 34.9 Å². The summed E-state index contributed by atoms with van der Waals surface area (Å²) in [6.07, 6.45) is -3.56. The molecular weight excluding hydrogens is 374 g/mol. The molecule has 10 heteroatoms. The third kappa shape index (κ3) is 8.22. The molecule has 1 rings (SSSR count). The first-order valence-corrected chi connectivity index (χ1v) is 9.88. The first-order valence-electron chi connectivity index (χ1n) is 8.93. The first-order chi connectivity index (χ1) is 12.4. The number of hydrogen-bond donors (Lipinski definition) is 7. The number of rotatable bonds is 7. The van der Waals surface area contributed by atoms with Crippen molar-refractivity contribution in [3.05, 3.63) is 6.92 Å². The van der Waals surface area contributed by atoms with E-state index in [1.165, 1.54) is 0 Å². The number of urea groups is 1. The summed E-state index contributed by atoms with van der Waals surface area (Å²) in [5.74, 6) is -0.335. The summed E-state index contributed by atoms with van der Waals surface area (Å²) in [5, 5.41) is 45.7. The molecule has 1 aliphatic heterocycles. The summed E-state index contributed by atoms with van der Waals surface area (Å²) in [4.78, 5) is 23.8. The number of carbonyl (C=O) groups excluding carboxylic acids is 2. The van der Waals surface area contributed by atoms with Crippen molar-refractivity contribution in [2.24, 2.45) is 0 Å². The Morgan fingerprint density at radius 1 is 1.11 bits per heavy atom. The number of hydrogen-bond acceptors (Lipinski definition) is 7. The molecule has 1 unspecified atom stereocenters. The van der Waals surface area contributed by atoms with E-state index in [0.29, 0.717) is 6.42 Å². The van der Waals surface area contributed by atoms with Gasteiger partial charge < -0.3 is 36.4 Å². The SMILES string of the molecule is [CH2]C(CCNC(=O)C[C@H]1S[C@@H](CO)[C@H](O)[C@H](O)[C@H]1O)NC(=O)NC(C)(C)C. The van der Waals surface area contributed by atoms with Crippen LogP contribution in [0.15, 0.2) is 0 Å². The van der Waals surface area contributed by atoms with Gasteiger partial charge in [0.15, 0.2) is 0 Å². The molecule has 9 nitrogen and oxygen atoms in total. The average Bonchev–Trinajstić information content (AvgIpc) is 2.53. The fourth-order valence-corrected chi connectivity index (χ4v) is 4.05. The maximum Gasteiger partial charge on any atom is 0.315 e. The van der Waals surface area contributed by atoms with Crippen LogP contribution in [-0.4, -0.2) is 85.9 Å². The van der Waals surface area contributed by atoms with E-state index in [-0.39, 0.29) is 37.0 Å². The quantitative estimate of drug-likeness (QED) is 0.279. The van der Waals surface area contributed by atoms with Crippen LogP contribution in [-0.2, 0) is 4.79 Å². The molecule has 0 spiro atoms. The molecule has 0 aromatic carbocycles. The Hall–Kier alpha value is -1.07. The zero-order valence-electron chi connectivity index (χ0n) is 16.0. The Bertz CT molecular complexity index is 500. The van der Waals surface area contributed by atoms with Crippen molar-refractivity contribution in [3.63, 3.8) is 0 Å². The summed E-state index contributed by atoms with van der Waals surface area (Å²) in [6, 6.07) is -0.726. The van der Waals surface area contributed by atoms with E-state index in [1.807, 2.05) is 20.8 Å². The van der Waals surface area contributed by atoms with E-state index >= 15 is 0 Å². The smallest absolute Gasteiger partial charge is 0.315 e. The maximum absolute atomic E-state index is 12.1. The lowest BCUT2D eigenvalue weighted by molar-refractivity contribution is -0.122. The van der Waals surface area contributed by atoms with Crippen LogP contribution in [0.5, 0.6) is 0 Å². The summed E-state index contributed by atoms with van der Waals surface area (Å²) in [6.45, 7) is 9.32. The number of thioether (sulfide) groups is 1.